The minimum atomic E-state index is -0.729. The van der Waals surface area contributed by atoms with Gasteiger partial charge in [-0.1, -0.05) is 6.92 Å². The quantitative estimate of drug-likeness (QED) is 0.497. The predicted octanol–water partition coefficient (Wildman–Crippen LogP) is 1.40. The van der Waals surface area contributed by atoms with E-state index in [2.05, 4.69) is 11.8 Å². The van der Waals surface area contributed by atoms with E-state index in [1.165, 1.54) is 0 Å². The van der Waals surface area contributed by atoms with E-state index in [4.69, 9.17) is 4.74 Å². The second kappa shape index (κ2) is 4.41. The Kier molecular flexibility index (Phi) is 3.48. The fourth-order valence-corrected chi connectivity index (χ4v) is 1.78. The van der Waals surface area contributed by atoms with Crippen LogP contribution in [-0.2, 0) is 9.57 Å². The van der Waals surface area contributed by atoms with Gasteiger partial charge in [0.2, 0.25) is 0 Å². The molecule has 13 heavy (non-hydrogen) atoms. The molecule has 0 aliphatic heterocycles. The van der Waals surface area contributed by atoms with Gasteiger partial charge in [-0.15, -0.1) is 10.1 Å². The lowest BCUT2D eigenvalue weighted by atomic mass is 9.86. The number of hydrogen-bond donors (Lipinski definition) is 0. The molecule has 0 aromatic rings. The summed E-state index contributed by atoms with van der Waals surface area (Å²) < 4.78 is 5.15. The molecule has 1 aliphatic rings. The molecule has 1 saturated carbocycles. The lowest BCUT2D eigenvalue weighted by Gasteiger charge is -2.31. The van der Waals surface area contributed by atoms with Gasteiger partial charge in [0.25, 0.3) is 5.09 Å². The Morgan fingerprint density at radius 3 is 2.62 bits per heavy atom. The standard InChI is InChI=1S/C8H15NO4/c1-6-3-4-7(13-9(10)11)8(5-6)12-2/h6-8H,3-5H2,1-2H3. The number of rotatable bonds is 3. The molecule has 1 fully saturated rings. The van der Waals surface area contributed by atoms with Crippen molar-refractivity contribution in [2.24, 2.45) is 5.92 Å². The van der Waals surface area contributed by atoms with E-state index >= 15 is 0 Å². The second-order valence-corrected chi connectivity index (χ2v) is 3.56. The molecule has 1 rings (SSSR count). The molecule has 0 bridgehead atoms. The summed E-state index contributed by atoms with van der Waals surface area (Å²) in [6, 6.07) is 0. The zero-order valence-corrected chi connectivity index (χ0v) is 7.93. The molecule has 1 aliphatic carbocycles. The van der Waals surface area contributed by atoms with Crippen molar-refractivity contribution in [3.63, 3.8) is 0 Å². The molecule has 0 N–H and O–H groups in total. The van der Waals surface area contributed by atoms with E-state index in [0.29, 0.717) is 12.3 Å². The maximum atomic E-state index is 10.1. The Balaban J connectivity index is 2.47. The molecule has 0 spiro atoms. The average molecular weight is 189 g/mol. The molecule has 76 valence electrons. The zero-order valence-electron chi connectivity index (χ0n) is 7.93. The van der Waals surface area contributed by atoms with Crippen LogP contribution in [0.5, 0.6) is 0 Å². The van der Waals surface area contributed by atoms with Crippen molar-refractivity contribution >= 4 is 0 Å². The zero-order chi connectivity index (χ0) is 9.84. The summed E-state index contributed by atoms with van der Waals surface area (Å²) in [5, 5.41) is 9.41. The van der Waals surface area contributed by atoms with Gasteiger partial charge < -0.3 is 9.57 Å². The molecule has 5 nitrogen and oxygen atoms in total. The summed E-state index contributed by atoms with van der Waals surface area (Å²) in [6.07, 6.45) is 2.01. The SMILES string of the molecule is COC1CC(C)CCC1O[N+](=O)[O-]. The van der Waals surface area contributed by atoms with Gasteiger partial charge in [-0.3, -0.25) is 0 Å². The predicted molar refractivity (Wildman–Crippen MR) is 45.7 cm³/mol. The van der Waals surface area contributed by atoms with Gasteiger partial charge in [-0.05, 0) is 25.2 Å². The van der Waals surface area contributed by atoms with Gasteiger partial charge in [0.05, 0.1) is 6.10 Å². The van der Waals surface area contributed by atoms with E-state index in [0.717, 1.165) is 12.8 Å². The molecule has 0 amide bonds. The van der Waals surface area contributed by atoms with Crippen molar-refractivity contribution in [3.05, 3.63) is 10.1 Å². The van der Waals surface area contributed by atoms with E-state index in [1.807, 2.05) is 0 Å². The lowest BCUT2D eigenvalue weighted by molar-refractivity contribution is -0.771. The summed E-state index contributed by atoms with van der Waals surface area (Å²) in [6.45, 7) is 2.12. The number of ether oxygens (including phenoxy) is 1. The largest absolute Gasteiger partial charge is 0.379 e. The van der Waals surface area contributed by atoms with Crippen molar-refractivity contribution < 1.29 is 14.7 Å². The molecule has 0 saturated heterocycles. The van der Waals surface area contributed by atoms with Gasteiger partial charge >= 0.3 is 0 Å². The number of hydrogen-bond acceptors (Lipinski definition) is 4. The minimum absolute atomic E-state index is 0.130. The van der Waals surface area contributed by atoms with Gasteiger partial charge in [0, 0.05) is 7.11 Å². The highest BCUT2D eigenvalue weighted by atomic mass is 17.0. The Morgan fingerprint density at radius 2 is 2.08 bits per heavy atom. The van der Waals surface area contributed by atoms with Gasteiger partial charge in [0.1, 0.15) is 6.10 Å². The van der Waals surface area contributed by atoms with E-state index < -0.39 is 5.09 Å². The van der Waals surface area contributed by atoms with Crippen molar-refractivity contribution in [1.29, 1.82) is 0 Å². The average Bonchev–Trinajstić information content (AvgIpc) is 2.07. The first-order valence-electron chi connectivity index (χ1n) is 4.47. The molecule has 5 heteroatoms. The molecule has 0 aromatic carbocycles. The van der Waals surface area contributed by atoms with Crippen LogP contribution < -0.4 is 0 Å². The van der Waals surface area contributed by atoms with Crippen LogP contribution in [0.4, 0.5) is 0 Å². The second-order valence-electron chi connectivity index (χ2n) is 3.56. The molecule has 0 radical (unpaired) electrons. The summed E-state index contributed by atoms with van der Waals surface area (Å²) in [7, 11) is 1.57. The molecule has 0 aromatic heterocycles. The molecular weight excluding hydrogens is 174 g/mol. The van der Waals surface area contributed by atoms with E-state index in [9.17, 15) is 10.1 Å². The van der Waals surface area contributed by atoms with Crippen LogP contribution in [0, 0.1) is 16.0 Å². The fraction of sp³-hybridized carbons (Fsp3) is 1.00. The van der Waals surface area contributed by atoms with Crippen molar-refractivity contribution in [3.8, 4) is 0 Å². The third-order valence-corrected chi connectivity index (χ3v) is 2.52. The van der Waals surface area contributed by atoms with Crippen LogP contribution in [-0.4, -0.2) is 24.4 Å². The Bertz CT molecular complexity index is 185. The minimum Gasteiger partial charge on any atom is -0.379 e. The maximum absolute atomic E-state index is 10.1. The Labute approximate surface area is 77.1 Å². The number of methoxy groups -OCH3 is 1. The van der Waals surface area contributed by atoms with E-state index in [1.54, 1.807) is 7.11 Å². The van der Waals surface area contributed by atoms with Crippen LogP contribution in [0.3, 0.4) is 0 Å². The first kappa shape index (κ1) is 10.2. The highest BCUT2D eigenvalue weighted by molar-refractivity contribution is 4.78. The molecule has 3 unspecified atom stereocenters. The van der Waals surface area contributed by atoms with Crippen molar-refractivity contribution in [1.82, 2.24) is 0 Å². The summed E-state index contributed by atoms with van der Waals surface area (Å²) in [5.74, 6) is 0.566. The maximum Gasteiger partial charge on any atom is 0.294 e. The van der Waals surface area contributed by atoms with Gasteiger partial charge in [-0.25, -0.2) is 0 Å². The van der Waals surface area contributed by atoms with Crippen LogP contribution in [0.1, 0.15) is 26.2 Å². The van der Waals surface area contributed by atoms with Crippen molar-refractivity contribution in [2.45, 2.75) is 38.4 Å². The molecule has 3 atom stereocenters. The van der Waals surface area contributed by atoms with Crippen LogP contribution >= 0.6 is 0 Å². The Hall–Kier alpha value is -0.840. The highest BCUT2D eigenvalue weighted by Crippen LogP contribution is 2.27. The van der Waals surface area contributed by atoms with Crippen LogP contribution in [0.2, 0.25) is 0 Å². The third kappa shape index (κ3) is 2.84. The first-order valence-corrected chi connectivity index (χ1v) is 4.47. The molecular formula is C8H15NO4. The van der Waals surface area contributed by atoms with Gasteiger partial charge in [-0.2, -0.15) is 0 Å². The number of nitrogens with zero attached hydrogens (tertiary/aromatic N) is 1. The van der Waals surface area contributed by atoms with Crippen LogP contribution in [0.15, 0.2) is 0 Å². The summed E-state index contributed by atoms with van der Waals surface area (Å²) in [4.78, 5) is 14.7. The summed E-state index contributed by atoms with van der Waals surface area (Å²) >= 11 is 0. The first-order chi connectivity index (χ1) is 6.13. The fourth-order valence-electron chi connectivity index (χ4n) is 1.78. The normalized spacial score (nSPS) is 34.2. The topological polar surface area (TPSA) is 61.6 Å². The molecule has 0 heterocycles. The van der Waals surface area contributed by atoms with E-state index in [-0.39, 0.29) is 12.2 Å². The Morgan fingerprint density at radius 1 is 1.38 bits per heavy atom. The summed E-state index contributed by atoms with van der Waals surface area (Å²) in [5.41, 5.74) is 0. The smallest absolute Gasteiger partial charge is 0.294 e. The van der Waals surface area contributed by atoms with Crippen LogP contribution in [0.25, 0.3) is 0 Å². The highest BCUT2D eigenvalue weighted by Gasteiger charge is 2.31. The third-order valence-electron chi connectivity index (χ3n) is 2.52. The lowest BCUT2D eigenvalue weighted by Crippen LogP contribution is -2.37. The van der Waals surface area contributed by atoms with Crippen molar-refractivity contribution in [2.75, 3.05) is 7.11 Å². The van der Waals surface area contributed by atoms with Gasteiger partial charge in [0.15, 0.2) is 0 Å². The monoisotopic (exact) mass is 189 g/mol.